The summed E-state index contributed by atoms with van der Waals surface area (Å²) < 4.78 is 48.9. The van der Waals surface area contributed by atoms with E-state index >= 15 is 0 Å². The Hall–Kier alpha value is -1.04. The maximum Gasteiger partial charge on any atom is 0.265 e. The molecule has 1 rings (SSSR count). The Kier molecular flexibility index (Phi) is 5.71. The van der Waals surface area contributed by atoms with Crippen molar-refractivity contribution in [2.24, 2.45) is 0 Å². The van der Waals surface area contributed by atoms with Gasteiger partial charge in [-0.3, -0.25) is 10.4 Å². The maximum atomic E-state index is 12.2. The van der Waals surface area contributed by atoms with Crippen LogP contribution in [0, 0.1) is 0 Å². The number of benzene rings is 1. The Morgan fingerprint density at radius 1 is 0.818 bits per heavy atom. The minimum atomic E-state index is -4.24. The number of nitrogens with zero attached hydrogens (tertiary/aromatic N) is 2. The molecule has 0 saturated carbocycles. The average Bonchev–Trinajstić information content (AvgIpc) is 2.45. The van der Waals surface area contributed by atoms with Crippen LogP contribution in [0.5, 0.6) is 0 Å². The fraction of sp³-hybridized carbons (Fsp3) is 0.500. The van der Waals surface area contributed by atoms with Gasteiger partial charge in [0.1, 0.15) is 0 Å². The standard InChI is InChI=1S/C12H20N2O6S2/c1-9(2)13(15)21(17,18)11-6-5-7-12(8-11)22(19,20)14(16)10(3)4/h5-10,15-16H,1-4H3. The van der Waals surface area contributed by atoms with Gasteiger partial charge >= 0.3 is 0 Å². The second-order valence-corrected chi connectivity index (χ2v) is 8.81. The van der Waals surface area contributed by atoms with Crippen molar-refractivity contribution >= 4 is 20.0 Å². The summed E-state index contributed by atoms with van der Waals surface area (Å²) in [5.41, 5.74) is 0. The summed E-state index contributed by atoms with van der Waals surface area (Å²) in [4.78, 5) is -0.774. The van der Waals surface area contributed by atoms with Crippen LogP contribution in [0.2, 0.25) is 0 Å². The molecule has 0 aliphatic carbocycles. The Morgan fingerprint density at radius 2 is 1.14 bits per heavy atom. The summed E-state index contributed by atoms with van der Waals surface area (Å²) in [6.45, 7) is 5.86. The first-order chi connectivity index (χ1) is 9.92. The summed E-state index contributed by atoms with van der Waals surface area (Å²) in [6.07, 6.45) is 0. The van der Waals surface area contributed by atoms with Gasteiger partial charge in [0.25, 0.3) is 20.0 Å². The lowest BCUT2D eigenvalue weighted by molar-refractivity contribution is -0.0244. The molecule has 0 saturated heterocycles. The minimum Gasteiger partial charge on any atom is -0.299 e. The third kappa shape index (κ3) is 3.65. The molecule has 0 fully saturated rings. The lowest BCUT2D eigenvalue weighted by Gasteiger charge is -2.21. The molecule has 0 unspecified atom stereocenters. The highest BCUT2D eigenvalue weighted by atomic mass is 32.2. The summed E-state index contributed by atoms with van der Waals surface area (Å²) in [5, 5.41) is 19.3. The van der Waals surface area contributed by atoms with E-state index in [9.17, 15) is 27.3 Å². The molecule has 0 bridgehead atoms. The van der Waals surface area contributed by atoms with Crippen molar-refractivity contribution in [2.45, 2.75) is 49.6 Å². The van der Waals surface area contributed by atoms with Crippen molar-refractivity contribution in [3.05, 3.63) is 24.3 Å². The molecule has 10 heteroatoms. The normalized spacial score (nSPS) is 13.5. The van der Waals surface area contributed by atoms with Crippen LogP contribution in [0.15, 0.2) is 34.1 Å². The third-order valence-corrected chi connectivity index (χ3v) is 6.30. The Bertz CT molecular complexity index is 668. The number of hydrogen-bond acceptors (Lipinski definition) is 6. The van der Waals surface area contributed by atoms with Crippen molar-refractivity contribution in [1.82, 2.24) is 8.94 Å². The SMILES string of the molecule is CC(C)N(O)S(=O)(=O)c1cccc(S(=O)(=O)N(O)C(C)C)c1. The number of hydrogen-bond donors (Lipinski definition) is 2. The van der Waals surface area contributed by atoms with E-state index < -0.39 is 32.1 Å². The predicted molar refractivity (Wildman–Crippen MR) is 78.3 cm³/mol. The Morgan fingerprint density at radius 3 is 1.41 bits per heavy atom. The van der Waals surface area contributed by atoms with E-state index in [0.29, 0.717) is 0 Å². The zero-order chi connectivity index (χ0) is 17.3. The Balaban J connectivity index is 3.38. The topological polar surface area (TPSA) is 115 Å². The Labute approximate surface area is 130 Å². The van der Waals surface area contributed by atoms with E-state index in [1.54, 1.807) is 0 Å². The van der Waals surface area contributed by atoms with Crippen LogP contribution in [0.25, 0.3) is 0 Å². The summed E-state index contributed by atoms with van der Waals surface area (Å²) in [6, 6.07) is 3.02. The second-order valence-electron chi connectivity index (χ2n) is 5.22. The molecule has 0 heterocycles. The molecule has 2 N–H and O–H groups in total. The van der Waals surface area contributed by atoms with Gasteiger partial charge in [-0.2, -0.15) is 0 Å². The summed E-state index contributed by atoms with van der Waals surface area (Å²) >= 11 is 0. The minimum absolute atomic E-state index is 0.151. The highest BCUT2D eigenvalue weighted by Gasteiger charge is 2.29. The fourth-order valence-electron chi connectivity index (χ4n) is 1.57. The van der Waals surface area contributed by atoms with Gasteiger partial charge in [0.2, 0.25) is 0 Å². The molecular formula is C12H20N2O6S2. The molecule has 22 heavy (non-hydrogen) atoms. The molecule has 126 valence electrons. The number of rotatable bonds is 6. The van der Waals surface area contributed by atoms with E-state index in [-0.39, 0.29) is 18.7 Å². The molecule has 0 aliphatic heterocycles. The van der Waals surface area contributed by atoms with Gasteiger partial charge in [-0.25, -0.2) is 16.8 Å². The zero-order valence-corrected chi connectivity index (χ0v) is 14.3. The van der Waals surface area contributed by atoms with Crippen LogP contribution in [0.1, 0.15) is 27.7 Å². The first-order valence-corrected chi connectivity index (χ1v) is 9.37. The first-order valence-electron chi connectivity index (χ1n) is 6.49. The molecule has 1 aromatic rings. The smallest absolute Gasteiger partial charge is 0.265 e. The van der Waals surface area contributed by atoms with Crippen molar-refractivity contribution in [3.8, 4) is 0 Å². The monoisotopic (exact) mass is 352 g/mol. The molecule has 0 atom stereocenters. The fourth-order valence-corrected chi connectivity index (χ4v) is 4.24. The highest BCUT2D eigenvalue weighted by Crippen LogP contribution is 2.22. The van der Waals surface area contributed by atoms with E-state index in [0.717, 1.165) is 18.2 Å². The zero-order valence-electron chi connectivity index (χ0n) is 12.7. The number of sulfonamides is 2. The van der Waals surface area contributed by atoms with Crippen LogP contribution in [-0.2, 0) is 20.0 Å². The molecule has 1 aromatic carbocycles. The molecule has 0 aromatic heterocycles. The largest absolute Gasteiger partial charge is 0.299 e. The lowest BCUT2D eigenvalue weighted by atomic mass is 10.4. The summed E-state index contributed by atoms with van der Waals surface area (Å²) in [5.74, 6) is 0. The van der Waals surface area contributed by atoms with Gasteiger partial charge in [-0.1, -0.05) is 15.0 Å². The maximum absolute atomic E-state index is 12.2. The highest BCUT2D eigenvalue weighted by molar-refractivity contribution is 7.89. The first kappa shape index (κ1) is 19.0. The molecule has 0 amide bonds. The average molecular weight is 352 g/mol. The van der Waals surface area contributed by atoms with Crippen LogP contribution in [0.4, 0.5) is 0 Å². The van der Waals surface area contributed by atoms with Crippen LogP contribution in [-0.4, -0.2) is 48.3 Å². The lowest BCUT2D eigenvalue weighted by Crippen LogP contribution is -2.35. The molecule has 8 nitrogen and oxygen atoms in total. The van der Waals surface area contributed by atoms with Gasteiger partial charge in [0.15, 0.2) is 0 Å². The third-order valence-electron chi connectivity index (χ3n) is 2.78. The van der Waals surface area contributed by atoms with E-state index in [1.165, 1.54) is 33.8 Å². The van der Waals surface area contributed by atoms with Crippen molar-refractivity contribution in [2.75, 3.05) is 0 Å². The predicted octanol–water partition coefficient (Wildman–Crippen LogP) is 1.26. The molecule has 0 radical (unpaired) electrons. The van der Waals surface area contributed by atoms with Gasteiger partial charge in [0.05, 0.1) is 9.79 Å². The van der Waals surface area contributed by atoms with Crippen LogP contribution < -0.4 is 0 Å². The van der Waals surface area contributed by atoms with Crippen molar-refractivity contribution in [1.29, 1.82) is 0 Å². The van der Waals surface area contributed by atoms with Gasteiger partial charge in [0, 0.05) is 12.1 Å². The van der Waals surface area contributed by atoms with E-state index in [2.05, 4.69) is 0 Å². The van der Waals surface area contributed by atoms with Crippen LogP contribution in [0.3, 0.4) is 0 Å². The number of hydroxylamine groups is 2. The second kappa shape index (κ2) is 6.60. The van der Waals surface area contributed by atoms with Crippen molar-refractivity contribution < 1.29 is 27.3 Å². The van der Waals surface area contributed by atoms with Gasteiger partial charge in [-0.15, -0.1) is 0 Å². The van der Waals surface area contributed by atoms with E-state index in [1.807, 2.05) is 0 Å². The van der Waals surface area contributed by atoms with Gasteiger partial charge in [-0.05, 0) is 45.9 Å². The molecular weight excluding hydrogens is 332 g/mol. The van der Waals surface area contributed by atoms with Gasteiger partial charge < -0.3 is 0 Å². The van der Waals surface area contributed by atoms with E-state index in [4.69, 9.17) is 0 Å². The molecule has 0 spiro atoms. The summed E-state index contributed by atoms with van der Waals surface area (Å²) in [7, 11) is -8.49. The quantitative estimate of drug-likeness (QED) is 0.745. The van der Waals surface area contributed by atoms with Crippen molar-refractivity contribution in [3.63, 3.8) is 0 Å². The van der Waals surface area contributed by atoms with Crippen LogP contribution >= 0.6 is 0 Å². The molecule has 0 aliphatic rings.